The fourth-order valence-electron chi connectivity index (χ4n) is 3.53. The summed E-state index contributed by atoms with van der Waals surface area (Å²) in [6, 6.07) is 10.8. The second-order valence-corrected chi connectivity index (χ2v) is 6.49. The van der Waals surface area contributed by atoms with Crippen LogP contribution in [0.25, 0.3) is 11.1 Å². The van der Waals surface area contributed by atoms with Crippen molar-refractivity contribution in [3.63, 3.8) is 0 Å². The Hall–Kier alpha value is -2.93. The van der Waals surface area contributed by atoms with Crippen LogP contribution < -0.4 is 10.2 Å². The maximum absolute atomic E-state index is 14.7. The fourth-order valence-corrected chi connectivity index (χ4v) is 3.53. The molecule has 134 valence electrons. The number of piperazine rings is 1. The van der Waals surface area contributed by atoms with Gasteiger partial charge in [0.2, 0.25) is 0 Å². The van der Waals surface area contributed by atoms with E-state index in [0.717, 1.165) is 13.1 Å². The molecule has 2 aliphatic heterocycles. The molecule has 2 N–H and O–H groups in total. The SMILES string of the molecule is O=C(O)c1ccc(-c2ccc(N3C[C@@H]4CNCCN4C3=O)cc2F)cc1. The van der Waals surface area contributed by atoms with Gasteiger partial charge >= 0.3 is 12.0 Å². The van der Waals surface area contributed by atoms with Gasteiger partial charge in [0.05, 0.1) is 11.6 Å². The molecule has 1 atom stereocenters. The van der Waals surface area contributed by atoms with Gasteiger partial charge in [-0.2, -0.15) is 0 Å². The summed E-state index contributed by atoms with van der Waals surface area (Å²) < 4.78 is 14.7. The van der Waals surface area contributed by atoms with Crippen LogP contribution in [-0.2, 0) is 0 Å². The van der Waals surface area contributed by atoms with Crippen molar-refractivity contribution in [1.29, 1.82) is 0 Å². The Balaban J connectivity index is 1.60. The molecule has 0 spiro atoms. The highest BCUT2D eigenvalue weighted by Gasteiger charge is 2.39. The molecule has 0 aliphatic carbocycles. The normalized spacial score (nSPS) is 19.6. The lowest BCUT2D eigenvalue weighted by Crippen LogP contribution is -2.49. The number of carbonyl (C=O) groups excluding carboxylic acids is 1. The van der Waals surface area contributed by atoms with Gasteiger partial charge in [0.1, 0.15) is 5.82 Å². The predicted molar refractivity (Wildman–Crippen MR) is 94.9 cm³/mol. The van der Waals surface area contributed by atoms with Gasteiger partial charge in [0, 0.05) is 37.4 Å². The number of nitrogens with zero attached hydrogens (tertiary/aromatic N) is 2. The number of urea groups is 1. The molecule has 2 amide bonds. The van der Waals surface area contributed by atoms with E-state index in [2.05, 4.69) is 5.32 Å². The zero-order chi connectivity index (χ0) is 18.3. The molecule has 26 heavy (non-hydrogen) atoms. The summed E-state index contributed by atoms with van der Waals surface area (Å²) in [6.45, 7) is 2.73. The summed E-state index contributed by atoms with van der Waals surface area (Å²) in [5.74, 6) is -1.47. The summed E-state index contributed by atoms with van der Waals surface area (Å²) in [5.41, 5.74) is 1.65. The van der Waals surface area contributed by atoms with E-state index < -0.39 is 11.8 Å². The highest BCUT2D eigenvalue weighted by molar-refractivity contribution is 5.95. The summed E-state index contributed by atoms with van der Waals surface area (Å²) in [6.07, 6.45) is 0. The molecule has 2 aliphatic rings. The van der Waals surface area contributed by atoms with E-state index in [1.807, 2.05) is 4.90 Å². The molecular weight excluding hydrogens is 337 g/mol. The Morgan fingerprint density at radius 2 is 1.96 bits per heavy atom. The Morgan fingerprint density at radius 3 is 2.62 bits per heavy atom. The third-order valence-electron chi connectivity index (χ3n) is 4.93. The van der Waals surface area contributed by atoms with Gasteiger partial charge in [-0.05, 0) is 35.9 Å². The van der Waals surface area contributed by atoms with Crippen LogP contribution in [0.2, 0.25) is 0 Å². The second kappa shape index (κ2) is 6.42. The second-order valence-electron chi connectivity index (χ2n) is 6.49. The first-order chi connectivity index (χ1) is 12.5. The largest absolute Gasteiger partial charge is 0.478 e. The smallest absolute Gasteiger partial charge is 0.335 e. The van der Waals surface area contributed by atoms with Gasteiger partial charge in [0.25, 0.3) is 0 Å². The van der Waals surface area contributed by atoms with Crippen LogP contribution in [0.15, 0.2) is 42.5 Å². The highest BCUT2D eigenvalue weighted by Crippen LogP contribution is 2.30. The van der Waals surface area contributed by atoms with Crippen molar-refractivity contribution in [3.8, 4) is 11.1 Å². The van der Waals surface area contributed by atoms with Gasteiger partial charge in [-0.25, -0.2) is 14.0 Å². The van der Waals surface area contributed by atoms with E-state index in [0.29, 0.717) is 29.9 Å². The number of benzene rings is 2. The fraction of sp³-hybridized carbons (Fsp3) is 0.263. The minimum Gasteiger partial charge on any atom is -0.478 e. The van der Waals surface area contributed by atoms with E-state index in [1.165, 1.54) is 18.2 Å². The van der Waals surface area contributed by atoms with Crippen molar-refractivity contribution in [3.05, 3.63) is 53.8 Å². The minimum atomic E-state index is -1.02. The number of aromatic carboxylic acids is 1. The zero-order valence-electron chi connectivity index (χ0n) is 14.0. The monoisotopic (exact) mass is 355 g/mol. The maximum atomic E-state index is 14.7. The molecule has 7 heteroatoms. The summed E-state index contributed by atoms with van der Waals surface area (Å²) in [4.78, 5) is 26.9. The van der Waals surface area contributed by atoms with Crippen molar-refractivity contribution in [2.75, 3.05) is 31.1 Å². The van der Waals surface area contributed by atoms with E-state index in [-0.39, 0.29) is 17.6 Å². The van der Waals surface area contributed by atoms with Crippen molar-refractivity contribution in [2.45, 2.75) is 6.04 Å². The molecule has 6 nitrogen and oxygen atoms in total. The Kier molecular flexibility index (Phi) is 4.08. The average Bonchev–Trinajstić information content (AvgIpc) is 2.99. The summed E-state index contributed by atoms with van der Waals surface area (Å²) in [5, 5.41) is 12.2. The van der Waals surface area contributed by atoms with Crippen LogP contribution in [-0.4, -0.2) is 54.2 Å². The number of carboxylic acids is 1. The number of anilines is 1. The summed E-state index contributed by atoms with van der Waals surface area (Å²) >= 11 is 0. The number of carboxylic acid groups (broad SMARTS) is 1. The first kappa shape index (κ1) is 16.5. The third-order valence-corrected chi connectivity index (χ3v) is 4.93. The number of nitrogens with one attached hydrogen (secondary N) is 1. The number of carbonyl (C=O) groups is 2. The molecule has 0 bridgehead atoms. The third kappa shape index (κ3) is 2.80. The number of hydrogen-bond donors (Lipinski definition) is 2. The molecule has 0 aromatic heterocycles. The van der Waals surface area contributed by atoms with Gasteiger partial charge in [-0.1, -0.05) is 12.1 Å². The number of fused-ring (bicyclic) bond motifs is 1. The highest BCUT2D eigenvalue weighted by atomic mass is 19.1. The van der Waals surface area contributed by atoms with E-state index in [4.69, 9.17) is 5.11 Å². The standard InChI is InChI=1S/C19H18FN3O3/c20-17-9-14(23-11-15-10-21-7-8-22(15)19(23)26)5-6-16(17)12-1-3-13(4-2-12)18(24)25/h1-6,9,15,21H,7-8,10-11H2,(H,24,25)/t15-/m0/s1. The Bertz CT molecular complexity index is 869. The zero-order valence-corrected chi connectivity index (χ0v) is 14.0. The number of amides is 2. The van der Waals surface area contributed by atoms with E-state index in [9.17, 15) is 14.0 Å². The van der Waals surface area contributed by atoms with Crippen molar-refractivity contribution >= 4 is 17.7 Å². The molecule has 2 aromatic rings. The lowest BCUT2D eigenvalue weighted by atomic mass is 10.0. The predicted octanol–water partition coefficient (Wildman–Crippen LogP) is 2.40. The van der Waals surface area contributed by atoms with E-state index >= 15 is 0 Å². The van der Waals surface area contributed by atoms with Crippen LogP contribution in [0.3, 0.4) is 0 Å². The van der Waals surface area contributed by atoms with Gasteiger partial charge in [-0.3, -0.25) is 4.90 Å². The van der Waals surface area contributed by atoms with Crippen LogP contribution >= 0.6 is 0 Å². The number of halogens is 1. The first-order valence-electron chi connectivity index (χ1n) is 8.47. The van der Waals surface area contributed by atoms with Crippen molar-refractivity contribution < 1.29 is 19.1 Å². The molecule has 2 aromatic carbocycles. The number of rotatable bonds is 3. The van der Waals surface area contributed by atoms with Gasteiger partial charge in [-0.15, -0.1) is 0 Å². The molecule has 0 unspecified atom stereocenters. The van der Waals surface area contributed by atoms with Gasteiger partial charge < -0.3 is 15.3 Å². The molecular formula is C19H18FN3O3. The quantitative estimate of drug-likeness (QED) is 0.887. The molecule has 2 fully saturated rings. The number of hydrogen-bond acceptors (Lipinski definition) is 3. The van der Waals surface area contributed by atoms with Crippen LogP contribution in [0.1, 0.15) is 10.4 Å². The Labute approximate surface area is 149 Å². The lowest BCUT2D eigenvalue weighted by molar-refractivity contribution is 0.0697. The molecule has 4 rings (SSSR count). The molecule has 2 heterocycles. The van der Waals surface area contributed by atoms with E-state index in [1.54, 1.807) is 29.2 Å². The van der Waals surface area contributed by atoms with Crippen LogP contribution in [0, 0.1) is 5.82 Å². The molecule has 0 saturated carbocycles. The first-order valence-corrected chi connectivity index (χ1v) is 8.47. The van der Waals surface area contributed by atoms with Crippen molar-refractivity contribution in [2.24, 2.45) is 0 Å². The summed E-state index contributed by atoms with van der Waals surface area (Å²) in [7, 11) is 0. The topological polar surface area (TPSA) is 72.9 Å². The minimum absolute atomic E-state index is 0.0885. The van der Waals surface area contributed by atoms with Crippen LogP contribution in [0.4, 0.5) is 14.9 Å². The molecule has 0 radical (unpaired) electrons. The van der Waals surface area contributed by atoms with Gasteiger partial charge in [0.15, 0.2) is 0 Å². The maximum Gasteiger partial charge on any atom is 0.335 e. The molecule has 2 saturated heterocycles. The Morgan fingerprint density at radius 1 is 1.19 bits per heavy atom. The van der Waals surface area contributed by atoms with Crippen LogP contribution in [0.5, 0.6) is 0 Å². The lowest BCUT2D eigenvalue weighted by Gasteiger charge is -2.28. The van der Waals surface area contributed by atoms with Crippen molar-refractivity contribution in [1.82, 2.24) is 10.2 Å². The average molecular weight is 355 g/mol.